The second-order valence-corrected chi connectivity index (χ2v) is 8.05. The zero-order chi connectivity index (χ0) is 17.1. The zero-order valence-electron chi connectivity index (χ0n) is 13.9. The van der Waals surface area contributed by atoms with Crippen LogP contribution in [0.15, 0.2) is 18.2 Å². The highest BCUT2D eigenvalue weighted by Gasteiger charge is 2.24. The van der Waals surface area contributed by atoms with Gasteiger partial charge in [-0.25, -0.2) is 4.39 Å². The highest BCUT2D eigenvalue weighted by molar-refractivity contribution is 7.85. The van der Waals surface area contributed by atoms with Crippen LogP contribution in [0, 0.1) is 11.7 Å². The van der Waals surface area contributed by atoms with E-state index in [2.05, 4.69) is 0 Å². The first-order valence-electron chi connectivity index (χ1n) is 8.31. The topological polar surface area (TPSA) is 49.9 Å². The lowest BCUT2D eigenvalue weighted by Gasteiger charge is -2.29. The number of benzene rings is 1. The van der Waals surface area contributed by atoms with Gasteiger partial charge >= 0.3 is 0 Å². The molecule has 0 unspecified atom stereocenters. The van der Waals surface area contributed by atoms with E-state index in [9.17, 15) is 13.4 Å². The van der Waals surface area contributed by atoms with Gasteiger partial charge in [0.2, 0.25) is 0 Å². The third-order valence-corrected chi connectivity index (χ3v) is 6.00. The molecule has 0 aromatic heterocycles. The number of nitrogens with zero attached hydrogens (tertiary/aromatic N) is 2. The van der Waals surface area contributed by atoms with E-state index in [-0.39, 0.29) is 17.6 Å². The molecule has 2 atom stereocenters. The Morgan fingerprint density at radius 1 is 1.29 bits per heavy atom. The molecule has 0 saturated carbocycles. The molecule has 5 nitrogen and oxygen atoms in total. The summed E-state index contributed by atoms with van der Waals surface area (Å²) in [5.74, 6) is 0.732. The van der Waals surface area contributed by atoms with Crippen LogP contribution in [0.3, 0.4) is 0 Å². The van der Waals surface area contributed by atoms with Crippen LogP contribution in [0.25, 0.3) is 0 Å². The summed E-state index contributed by atoms with van der Waals surface area (Å²) in [5.41, 5.74) is 0.865. The minimum absolute atomic E-state index is 0.187. The molecule has 2 saturated heterocycles. The number of anilines is 1. The summed E-state index contributed by atoms with van der Waals surface area (Å²) < 4.78 is 31.5. The van der Waals surface area contributed by atoms with Crippen molar-refractivity contribution < 1.29 is 18.1 Å². The second kappa shape index (κ2) is 7.61. The predicted molar refractivity (Wildman–Crippen MR) is 92.4 cm³/mol. The standard InChI is InChI=1S/C17H23FN2O3S/c1-13-11-20(6-9-24(22)12-13)17(21)14-2-3-16(15(18)10-14)19-4-7-23-8-5-19/h2-3,10,13H,4-9,11-12H2,1H3/t13-,24-/m1/s1. The van der Waals surface area contributed by atoms with E-state index in [0.717, 1.165) is 0 Å². The van der Waals surface area contributed by atoms with Crippen LogP contribution in [0.4, 0.5) is 10.1 Å². The summed E-state index contributed by atoms with van der Waals surface area (Å²) in [6.45, 7) is 5.50. The first-order valence-corrected chi connectivity index (χ1v) is 9.80. The summed E-state index contributed by atoms with van der Waals surface area (Å²) in [7, 11) is -0.879. The SMILES string of the molecule is C[C@@H]1CN(C(=O)c2ccc(N3CCOCC3)c(F)c2)CC[S@@](=O)C1. The first-order chi connectivity index (χ1) is 11.5. The minimum atomic E-state index is -0.879. The van der Waals surface area contributed by atoms with Crippen molar-refractivity contribution in [1.82, 2.24) is 4.90 Å². The Kier molecular flexibility index (Phi) is 5.50. The third-order valence-electron chi connectivity index (χ3n) is 4.42. The van der Waals surface area contributed by atoms with Crippen molar-refractivity contribution in [1.29, 1.82) is 0 Å². The fourth-order valence-corrected chi connectivity index (χ4v) is 4.53. The molecule has 1 amide bonds. The number of morpholine rings is 1. The Balaban J connectivity index is 1.75. The van der Waals surface area contributed by atoms with Gasteiger partial charge in [-0.1, -0.05) is 6.92 Å². The normalized spacial score (nSPS) is 25.4. The lowest BCUT2D eigenvalue weighted by molar-refractivity contribution is 0.0751. The molecule has 2 aliphatic rings. The van der Waals surface area contributed by atoms with Crippen LogP contribution in [0.5, 0.6) is 0 Å². The quantitative estimate of drug-likeness (QED) is 0.808. The molecular weight excluding hydrogens is 331 g/mol. The smallest absolute Gasteiger partial charge is 0.253 e. The molecule has 0 spiro atoms. The van der Waals surface area contributed by atoms with Gasteiger partial charge in [0.1, 0.15) is 5.82 Å². The van der Waals surface area contributed by atoms with Gasteiger partial charge in [0.15, 0.2) is 0 Å². The molecule has 7 heteroatoms. The maximum absolute atomic E-state index is 14.5. The highest BCUT2D eigenvalue weighted by atomic mass is 32.2. The number of hydrogen-bond acceptors (Lipinski definition) is 4. The van der Waals surface area contributed by atoms with Gasteiger partial charge in [0, 0.05) is 54.0 Å². The van der Waals surface area contributed by atoms with E-state index < -0.39 is 10.8 Å². The molecule has 2 aliphatic heterocycles. The van der Waals surface area contributed by atoms with Crippen LogP contribution >= 0.6 is 0 Å². The zero-order valence-corrected chi connectivity index (χ0v) is 14.7. The summed E-state index contributed by atoms with van der Waals surface area (Å²) in [6.07, 6.45) is 0. The summed E-state index contributed by atoms with van der Waals surface area (Å²) in [5, 5.41) is 0. The lowest BCUT2D eigenvalue weighted by atomic mass is 10.1. The molecule has 0 aliphatic carbocycles. The molecular formula is C17H23FN2O3S. The molecule has 24 heavy (non-hydrogen) atoms. The monoisotopic (exact) mass is 354 g/mol. The van der Waals surface area contributed by atoms with E-state index in [1.54, 1.807) is 17.0 Å². The van der Waals surface area contributed by atoms with Crippen LogP contribution in [0.1, 0.15) is 17.3 Å². The molecule has 0 radical (unpaired) electrons. The molecule has 0 bridgehead atoms. The number of rotatable bonds is 2. The molecule has 1 aromatic rings. The van der Waals surface area contributed by atoms with Crippen molar-refractivity contribution >= 4 is 22.4 Å². The van der Waals surface area contributed by atoms with Crippen molar-refractivity contribution in [3.63, 3.8) is 0 Å². The van der Waals surface area contributed by atoms with Gasteiger partial charge in [0.25, 0.3) is 5.91 Å². The summed E-state index contributed by atoms with van der Waals surface area (Å²) >= 11 is 0. The Labute approximate surface area is 144 Å². The average Bonchev–Trinajstić information content (AvgIpc) is 2.75. The van der Waals surface area contributed by atoms with E-state index in [4.69, 9.17) is 4.74 Å². The van der Waals surface area contributed by atoms with Gasteiger partial charge in [-0.2, -0.15) is 0 Å². The molecule has 3 rings (SSSR count). The Hall–Kier alpha value is -1.47. The largest absolute Gasteiger partial charge is 0.378 e. The molecule has 0 N–H and O–H groups in total. The van der Waals surface area contributed by atoms with Crippen molar-refractivity contribution in [2.45, 2.75) is 6.92 Å². The van der Waals surface area contributed by atoms with E-state index in [0.29, 0.717) is 62.1 Å². The Morgan fingerprint density at radius 3 is 2.75 bits per heavy atom. The average molecular weight is 354 g/mol. The summed E-state index contributed by atoms with van der Waals surface area (Å²) in [6, 6.07) is 4.68. The van der Waals surface area contributed by atoms with Gasteiger partial charge < -0.3 is 14.5 Å². The van der Waals surface area contributed by atoms with Crippen molar-refractivity contribution in [3.8, 4) is 0 Å². The maximum Gasteiger partial charge on any atom is 0.253 e. The van der Waals surface area contributed by atoms with Crippen molar-refractivity contribution in [2.24, 2.45) is 5.92 Å². The number of hydrogen-bond donors (Lipinski definition) is 0. The number of carbonyl (C=O) groups excluding carboxylic acids is 1. The number of ether oxygens (including phenoxy) is 1. The Bertz CT molecular complexity index is 634. The number of carbonyl (C=O) groups is 1. The van der Waals surface area contributed by atoms with Gasteiger partial charge in [-0.15, -0.1) is 0 Å². The lowest BCUT2D eigenvalue weighted by Crippen LogP contribution is -2.37. The fourth-order valence-electron chi connectivity index (χ4n) is 3.20. The number of halogens is 1. The summed E-state index contributed by atoms with van der Waals surface area (Å²) in [4.78, 5) is 16.3. The van der Waals surface area contributed by atoms with E-state index in [1.807, 2.05) is 11.8 Å². The minimum Gasteiger partial charge on any atom is -0.378 e. The van der Waals surface area contributed by atoms with Crippen LogP contribution < -0.4 is 4.90 Å². The Morgan fingerprint density at radius 2 is 2.04 bits per heavy atom. The van der Waals surface area contributed by atoms with Crippen molar-refractivity contribution in [3.05, 3.63) is 29.6 Å². The number of amides is 1. The van der Waals surface area contributed by atoms with Crippen LogP contribution in [-0.4, -0.2) is 65.9 Å². The molecule has 1 aromatic carbocycles. The molecule has 132 valence electrons. The van der Waals surface area contributed by atoms with Crippen LogP contribution in [0.2, 0.25) is 0 Å². The second-order valence-electron chi connectivity index (χ2n) is 6.43. The molecule has 2 heterocycles. The van der Waals surface area contributed by atoms with Crippen LogP contribution in [-0.2, 0) is 15.5 Å². The molecule has 2 fully saturated rings. The van der Waals surface area contributed by atoms with E-state index >= 15 is 0 Å². The first kappa shape index (κ1) is 17.4. The van der Waals surface area contributed by atoms with Crippen molar-refractivity contribution in [2.75, 3.05) is 55.8 Å². The highest BCUT2D eigenvalue weighted by Crippen LogP contribution is 2.23. The fraction of sp³-hybridized carbons (Fsp3) is 0.588. The predicted octanol–water partition coefficient (Wildman–Crippen LogP) is 1.50. The van der Waals surface area contributed by atoms with Gasteiger partial charge in [0.05, 0.1) is 18.9 Å². The van der Waals surface area contributed by atoms with E-state index in [1.165, 1.54) is 6.07 Å². The van der Waals surface area contributed by atoms with Gasteiger partial charge in [-0.3, -0.25) is 9.00 Å². The maximum atomic E-state index is 14.5. The third kappa shape index (κ3) is 3.95. The van der Waals surface area contributed by atoms with Gasteiger partial charge in [-0.05, 0) is 24.1 Å².